The van der Waals surface area contributed by atoms with Crippen molar-refractivity contribution >= 4 is 15.9 Å². The van der Waals surface area contributed by atoms with Gasteiger partial charge in [-0.15, -0.1) is 0 Å². The summed E-state index contributed by atoms with van der Waals surface area (Å²) in [5, 5.41) is 10.3. The summed E-state index contributed by atoms with van der Waals surface area (Å²) in [6, 6.07) is 14.0. The second-order valence-electron chi connectivity index (χ2n) is 4.82. The third kappa shape index (κ3) is 2.82. The van der Waals surface area contributed by atoms with Crippen molar-refractivity contribution in [3.8, 4) is 5.75 Å². The Morgan fingerprint density at radius 3 is 2.95 bits per heavy atom. The average Bonchev–Trinajstić information content (AvgIpc) is 2.85. The van der Waals surface area contributed by atoms with Crippen LogP contribution in [0.15, 0.2) is 46.9 Å². The highest BCUT2D eigenvalue weighted by atomic mass is 79.9. The van der Waals surface area contributed by atoms with Crippen molar-refractivity contribution in [3.63, 3.8) is 0 Å². The third-order valence-electron chi connectivity index (χ3n) is 3.42. The van der Waals surface area contributed by atoms with E-state index < -0.39 is 6.10 Å². The highest BCUT2D eigenvalue weighted by molar-refractivity contribution is 9.10. The predicted octanol–water partition coefficient (Wildman–Crippen LogP) is 3.66. The van der Waals surface area contributed by atoms with Crippen LogP contribution in [0.1, 0.15) is 22.8 Å². The molecule has 1 unspecified atom stereocenters. The lowest BCUT2D eigenvalue weighted by atomic mass is 9.99. The summed E-state index contributed by atoms with van der Waals surface area (Å²) < 4.78 is 6.52. The van der Waals surface area contributed by atoms with Crippen molar-refractivity contribution in [2.75, 3.05) is 6.61 Å². The summed E-state index contributed by atoms with van der Waals surface area (Å²) in [4.78, 5) is 0. The molecule has 98 valence electrons. The first-order chi connectivity index (χ1) is 9.22. The Morgan fingerprint density at radius 1 is 1.21 bits per heavy atom. The molecule has 0 saturated carbocycles. The van der Waals surface area contributed by atoms with Crippen LogP contribution in [0.2, 0.25) is 0 Å². The largest absolute Gasteiger partial charge is 0.493 e. The lowest BCUT2D eigenvalue weighted by Crippen LogP contribution is -2.02. The van der Waals surface area contributed by atoms with Gasteiger partial charge in [0.2, 0.25) is 0 Å². The highest BCUT2D eigenvalue weighted by Gasteiger charge is 2.15. The molecule has 2 aromatic rings. The van der Waals surface area contributed by atoms with Gasteiger partial charge >= 0.3 is 0 Å². The van der Waals surface area contributed by atoms with E-state index in [2.05, 4.69) is 22.0 Å². The first kappa shape index (κ1) is 12.7. The van der Waals surface area contributed by atoms with E-state index in [1.807, 2.05) is 36.4 Å². The second-order valence-corrected chi connectivity index (χ2v) is 5.73. The summed E-state index contributed by atoms with van der Waals surface area (Å²) in [6.45, 7) is 0.751. The minimum Gasteiger partial charge on any atom is -0.493 e. The number of aliphatic hydroxyl groups is 1. The topological polar surface area (TPSA) is 29.5 Å². The molecular weight excluding hydrogens is 304 g/mol. The van der Waals surface area contributed by atoms with Crippen LogP contribution in [0, 0.1) is 0 Å². The van der Waals surface area contributed by atoms with Gasteiger partial charge in [0.05, 0.1) is 12.7 Å². The summed E-state index contributed by atoms with van der Waals surface area (Å²) in [5.41, 5.74) is 3.29. The van der Waals surface area contributed by atoms with Crippen molar-refractivity contribution in [3.05, 3.63) is 63.6 Å². The van der Waals surface area contributed by atoms with Gasteiger partial charge in [0.15, 0.2) is 0 Å². The predicted molar refractivity (Wildman–Crippen MR) is 78.4 cm³/mol. The Balaban J connectivity index is 1.78. The van der Waals surface area contributed by atoms with E-state index in [1.54, 1.807) is 0 Å². The number of hydrogen-bond acceptors (Lipinski definition) is 2. The smallest absolute Gasteiger partial charge is 0.122 e. The van der Waals surface area contributed by atoms with Gasteiger partial charge in [-0.1, -0.05) is 34.1 Å². The van der Waals surface area contributed by atoms with Crippen LogP contribution in [-0.4, -0.2) is 11.7 Å². The second kappa shape index (κ2) is 5.35. The van der Waals surface area contributed by atoms with E-state index in [9.17, 15) is 5.11 Å². The monoisotopic (exact) mass is 318 g/mol. The highest BCUT2D eigenvalue weighted by Crippen LogP contribution is 2.29. The fraction of sp³-hybridized carbons (Fsp3) is 0.250. The van der Waals surface area contributed by atoms with Gasteiger partial charge in [-0.3, -0.25) is 0 Å². The molecule has 1 aliphatic heterocycles. The summed E-state index contributed by atoms with van der Waals surface area (Å²) >= 11 is 3.45. The van der Waals surface area contributed by atoms with Crippen molar-refractivity contribution in [1.82, 2.24) is 0 Å². The minimum atomic E-state index is -0.472. The molecule has 2 aromatic carbocycles. The van der Waals surface area contributed by atoms with Gasteiger partial charge in [-0.2, -0.15) is 0 Å². The van der Waals surface area contributed by atoms with E-state index in [1.165, 1.54) is 5.56 Å². The minimum absolute atomic E-state index is 0.472. The fourth-order valence-electron chi connectivity index (χ4n) is 2.42. The molecule has 19 heavy (non-hydrogen) atoms. The molecule has 3 heteroatoms. The van der Waals surface area contributed by atoms with Crippen molar-refractivity contribution in [1.29, 1.82) is 0 Å². The Bertz CT molecular complexity index is 595. The Labute approximate surface area is 121 Å². The Kier molecular flexibility index (Phi) is 3.58. The molecule has 0 amide bonds. The zero-order valence-corrected chi connectivity index (χ0v) is 12.1. The first-order valence-electron chi connectivity index (χ1n) is 6.40. The number of aliphatic hydroxyl groups excluding tert-OH is 1. The molecule has 0 fully saturated rings. The number of halogens is 1. The maximum Gasteiger partial charge on any atom is 0.122 e. The van der Waals surface area contributed by atoms with Crippen LogP contribution in [-0.2, 0) is 12.8 Å². The summed E-state index contributed by atoms with van der Waals surface area (Å²) in [7, 11) is 0. The van der Waals surface area contributed by atoms with Crippen LogP contribution < -0.4 is 4.74 Å². The number of hydrogen-bond donors (Lipinski definition) is 1. The zero-order chi connectivity index (χ0) is 13.2. The SMILES string of the molecule is OC(Cc1cccc(Br)c1)c1ccc2c(c1)CCO2. The van der Waals surface area contributed by atoms with Gasteiger partial charge in [-0.25, -0.2) is 0 Å². The quantitative estimate of drug-likeness (QED) is 0.935. The number of benzene rings is 2. The van der Waals surface area contributed by atoms with Crippen molar-refractivity contribution in [2.45, 2.75) is 18.9 Å². The number of fused-ring (bicyclic) bond motifs is 1. The standard InChI is InChI=1S/C16H15BrO2/c17-14-3-1-2-11(8-14)9-15(18)12-4-5-16-13(10-12)6-7-19-16/h1-5,8,10,15,18H,6-7,9H2. The third-order valence-corrected chi connectivity index (χ3v) is 3.91. The van der Waals surface area contributed by atoms with Gasteiger partial charge < -0.3 is 9.84 Å². The molecule has 1 atom stereocenters. The maximum atomic E-state index is 10.3. The van der Waals surface area contributed by atoms with Crippen LogP contribution in [0.25, 0.3) is 0 Å². The molecule has 0 aliphatic carbocycles. The molecule has 1 heterocycles. The van der Waals surface area contributed by atoms with Gasteiger partial charge in [0.25, 0.3) is 0 Å². The molecule has 3 rings (SSSR count). The van der Waals surface area contributed by atoms with Crippen LogP contribution in [0.5, 0.6) is 5.75 Å². The molecular formula is C16H15BrO2. The lowest BCUT2D eigenvalue weighted by molar-refractivity contribution is 0.178. The van der Waals surface area contributed by atoms with Crippen LogP contribution in [0.4, 0.5) is 0 Å². The van der Waals surface area contributed by atoms with Crippen molar-refractivity contribution in [2.24, 2.45) is 0 Å². The normalized spacial score (nSPS) is 14.8. The molecule has 1 N–H and O–H groups in total. The lowest BCUT2D eigenvalue weighted by Gasteiger charge is -2.12. The molecule has 0 spiro atoms. The van der Waals surface area contributed by atoms with Crippen LogP contribution in [0.3, 0.4) is 0 Å². The van der Waals surface area contributed by atoms with Gasteiger partial charge in [0, 0.05) is 17.3 Å². The molecule has 0 radical (unpaired) electrons. The molecule has 2 nitrogen and oxygen atoms in total. The van der Waals surface area contributed by atoms with Crippen molar-refractivity contribution < 1.29 is 9.84 Å². The summed E-state index contributed by atoms with van der Waals surface area (Å²) in [6.07, 6.45) is 1.09. The fourth-order valence-corrected chi connectivity index (χ4v) is 2.87. The zero-order valence-electron chi connectivity index (χ0n) is 10.5. The Morgan fingerprint density at radius 2 is 2.11 bits per heavy atom. The van der Waals surface area contributed by atoms with E-state index in [4.69, 9.17) is 4.74 Å². The molecule has 1 aliphatic rings. The van der Waals surface area contributed by atoms with E-state index in [0.717, 1.165) is 34.4 Å². The first-order valence-corrected chi connectivity index (χ1v) is 7.20. The average molecular weight is 319 g/mol. The molecule has 0 aromatic heterocycles. The summed E-state index contributed by atoms with van der Waals surface area (Å²) in [5.74, 6) is 0.957. The van der Waals surface area contributed by atoms with Gasteiger partial charge in [0.1, 0.15) is 5.75 Å². The van der Waals surface area contributed by atoms with E-state index in [0.29, 0.717) is 6.42 Å². The number of rotatable bonds is 3. The number of ether oxygens (including phenoxy) is 1. The van der Waals surface area contributed by atoms with Gasteiger partial charge in [-0.05, 0) is 41.0 Å². The van der Waals surface area contributed by atoms with Crippen LogP contribution >= 0.6 is 15.9 Å². The maximum absolute atomic E-state index is 10.3. The molecule has 0 saturated heterocycles. The Hall–Kier alpha value is -1.32. The van der Waals surface area contributed by atoms with E-state index >= 15 is 0 Å². The molecule has 0 bridgehead atoms. The van der Waals surface area contributed by atoms with E-state index in [-0.39, 0.29) is 0 Å².